The molecular weight excluding hydrogens is 258 g/mol. The van der Waals surface area contributed by atoms with Gasteiger partial charge in [0, 0.05) is 38.3 Å². The van der Waals surface area contributed by atoms with Crippen molar-refractivity contribution in [2.24, 2.45) is 11.5 Å². The van der Waals surface area contributed by atoms with Crippen LogP contribution in [0.3, 0.4) is 0 Å². The predicted molar refractivity (Wildman–Crippen MR) is 76.0 cm³/mol. The van der Waals surface area contributed by atoms with Gasteiger partial charge >= 0.3 is 6.03 Å². The van der Waals surface area contributed by atoms with Crippen molar-refractivity contribution < 1.29 is 9.59 Å². The Bertz CT molecular complexity index is 347. The molecule has 114 valence electrons. The van der Waals surface area contributed by atoms with E-state index in [1.54, 1.807) is 4.90 Å². The van der Waals surface area contributed by atoms with Gasteiger partial charge in [-0.05, 0) is 25.7 Å². The fourth-order valence-electron chi connectivity index (χ4n) is 3.08. The number of rotatable bonds is 4. The smallest absolute Gasteiger partial charge is 0.314 e. The lowest BCUT2D eigenvalue weighted by atomic mass is 9.99. The summed E-state index contributed by atoms with van der Waals surface area (Å²) < 4.78 is 0. The van der Waals surface area contributed by atoms with Gasteiger partial charge in [-0.1, -0.05) is 0 Å². The molecule has 0 spiro atoms. The molecule has 5 N–H and O–H groups in total. The van der Waals surface area contributed by atoms with Gasteiger partial charge in [0.2, 0.25) is 5.91 Å². The van der Waals surface area contributed by atoms with Crippen molar-refractivity contribution in [3.8, 4) is 0 Å². The van der Waals surface area contributed by atoms with Crippen LogP contribution in [-0.2, 0) is 4.79 Å². The molecule has 2 heterocycles. The molecule has 7 heteroatoms. The summed E-state index contributed by atoms with van der Waals surface area (Å²) in [6.07, 6.45) is 4.02. The number of piperidine rings is 2. The van der Waals surface area contributed by atoms with Gasteiger partial charge in [0.05, 0.1) is 6.54 Å². The molecule has 0 aromatic rings. The minimum absolute atomic E-state index is 0.254. The molecule has 20 heavy (non-hydrogen) atoms. The van der Waals surface area contributed by atoms with Crippen LogP contribution < -0.4 is 16.8 Å². The molecule has 0 aromatic carbocycles. The molecule has 0 atom stereocenters. The Morgan fingerprint density at radius 1 is 0.950 bits per heavy atom. The van der Waals surface area contributed by atoms with Crippen LogP contribution in [0.5, 0.6) is 0 Å². The summed E-state index contributed by atoms with van der Waals surface area (Å²) in [5.41, 5.74) is 10.5. The van der Waals surface area contributed by atoms with Crippen molar-refractivity contribution in [2.75, 3.05) is 32.7 Å². The lowest BCUT2D eigenvalue weighted by Crippen LogP contribution is -2.52. The van der Waals surface area contributed by atoms with Gasteiger partial charge in [-0.15, -0.1) is 0 Å². The van der Waals surface area contributed by atoms with Crippen LogP contribution in [-0.4, -0.2) is 66.5 Å². The normalized spacial score (nSPS) is 22.9. The third kappa shape index (κ3) is 4.35. The van der Waals surface area contributed by atoms with Crippen molar-refractivity contribution >= 4 is 11.9 Å². The molecule has 2 fully saturated rings. The van der Waals surface area contributed by atoms with Gasteiger partial charge in [0.1, 0.15) is 0 Å². The summed E-state index contributed by atoms with van der Waals surface area (Å²) in [6, 6.07) is 0.658. The van der Waals surface area contributed by atoms with Crippen LogP contribution in [0.25, 0.3) is 0 Å². The van der Waals surface area contributed by atoms with Crippen molar-refractivity contribution in [1.29, 1.82) is 0 Å². The lowest BCUT2D eigenvalue weighted by Gasteiger charge is -2.37. The molecule has 0 aliphatic carbocycles. The molecule has 7 nitrogen and oxygen atoms in total. The third-order valence-electron chi connectivity index (χ3n) is 4.25. The highest BCUT2D eigenvalue weighted by Crippen LogP contribution is 2.15. The molecule has 0 unspecified atom stereocenters. The van der Waals surface area contributed by atoms with Crippen LogP contribution in [0.1, 0.15) is 25.7 Å². The molecule has 0 bridgehead atoms. The summed E-state index contributed by atoms with van der Waals surface area (Å²) in [6.45, 7) is 3.69. The Balaban J connectivity index is 1.66. The molecule has 2 aliphatic rings. The SMILES string of the molecule is NC(=O)CN1CCC(NC2CCN(C(N)=O)CC2)CC1. The zero-order chi connectivity index (χ0) is 14.5. The monoisotopic (exact) mass is 283 g/mol. The molecule has 0 saturated carbocycles. The Morgan fingerprint density at radius 3 is 1.90 bits per heavy atom. The number of nitrogens with two attached hydrogens (primary N) is 2. The van der Waals surface area contributed by atoms with E-state index in [2.05, 4.69) is 10.2 Å². The highest BCUT2D eigenvalue weighted by molar-refractivity contribution is 5.75. The van der Waals surface area contributed by atoms with E-state index in [0.717, 1.165) is 51.9 Å². The maximum Gasteiger partial charge on any atom is 0.314 e. The van der Waals surface area contributed by atoms with Crippen LogP contribution in [0, 0.1) is 0 Å². The fraction of sp³-hybridized carbons (Fsp3) is 0.846. The predicted octanol–water partition coefficient (Wildman–Crippen LogP) is -0.931. The number of nitrogens with zero attached hydrogens (tertiary/aromatic N) is 2. The number of primary amides is 2. The Kier molecular flexibility index (Phi) is 5.19. The van der Waals surface area contributed by atoms with Gasteiger partial charge in [0.15, 0.2) is 0 Å². The van der Waals surface area contributed by atoms with E-state index in [1.165, 1.54) is 0 Å². The second-order valence-corrected chi connectivity index (χ2v) is 5.78. The van der Waals surface area contributed by atoms with Gasteiger partial charge < -0.3 is 21.7 Å². The number of likely N-dealkylation sites (tertiary alicyclic amines) is 2. The number of urea groups is 1. The second kappa shape index (κ2) is 6.90. The fourth-order valence-corrected chi connectivity index (χ4v) is 3.08. The van der Waals surface area contributed by atoms with E-state index in [-0.39, 0.29) is 11.9 Å². The van der Waals surface area contributed by atoms with E-state index in [1.807, 2.05) is 0 Å². The summed E-state index contributed by atoms with van der Waals surface area (Å²) in [5, 5.41) is 3.67. The van der Waals surface area contributed by atoms with Crippen LogP contribution in [0.2, 0.25) is 0 Å². The number of carbonyl (C=O) groups is 2. The summed E-state index contributed by atoms with van der Waals surface area (Å²) in [7, 11) is 0. The maximum absolute atomic E-state index is 11.1. The third-order valence-corrected chi connectivity index (χ3v) is 4.25. The first-order chi connectivity index (χ1) is 9.54. The molecular formula is C13H25N5O2. The number of hydrogen-bond donors (Lipinski definition) is 3. The number of amides is 3. The number of nitrogens with one attached hydrogen (secondary N) is 1. The van der Waals surface area contributed by atoms with Crippen LogP contribution in [0.15, 0.2) is 0 Å². The van der Waals surface area contributed by atoms with E-state index < -0.39 is 0 Å². The molecule has 3 amide bonds. The van der Waals surface area contributed by atoms with Crippen molar-refractivity contribution in [3.63, 3.8) is 0 Å². The minimum atomic E-state index is -0.316. The topological polar surface area (TPSA) is 105 Å². The van der Waals surface area contributed by atoms with Crippen molar-refractivity contribution in [2.45, 2.75) is 37.8 Å². The summed E-state index contributed by atoms with van der Waals surface area (Å²) in [5.74, 6) is -0.254. The highest BCUT2D eigenvalue weighted by Gasteiger charge is 2.25. The van der Waals surface area contributed by atoms with Crippen molar-refractivity contribution in [1.82, 2.24) is 15.1 Å². The Morgan fingerprint density at radius 2 is 1.45 bits per heavy atom. The molecule has 0 aromatic heterocycles. The Hall–Kier alpha value is -1.34. The quantitative estimate of drug-likeness (QED) is 0.620. The molecule has 2 aliphatic heterocycles. The summed E-state index contributed by atoms with van der Waals surface area (Å²) >= 11 is 0. The average Bonchev–Trinajstić information content (AvgIpc) is 2.41. The van der Waals surface area contributed by atoms with Gasteiger partial charge in [-0.2, -0.15) is 0 Å². The summed E-state index contributed by atoms with van der Waals surface area (Å²) in [4.78, 5) is 25.7. The second-order valence-electron chi connectivity index (χ2n) is 5.78. The molecule has 2 rings (SSSR count). The van der Waals surface area contributed by atoms with Crippen LogP contribution >= 0.6 is 0 Å². The first-order valence-corrected chi connectivity index (χ1v) is 7.35. The zero-order valence-electron chi connectivity index (χ0n) is 11.9. The van der Waals surface area contributed by atoms with E-state index in [9.17, 15) is 9.59 Å². The molecule has 0 radical (unpaired) electrons. The first-order valence-electron chi connectivity index (χ1n) is 7.35. The highest BCUT2D eigenvalue weighted by atomic mass is 16.2. The van der Waals surface area contributed by atoms with E-state index in [0.29, 0.717) is 18.6 Å². The van der Waals surface area contributed by atoms with Gasteiger partial charge in [-0.3, -0.25) is 9.69 Å². The van der Waals surface area contributed by atoms with Gasteiger partial charge in [-0.25, -0.2) is 4.79 Å². The van der Waals surface area contributed by atoms with Crippen LogP contribution in [0.4, 0.5) is 4.79 Å². The first kappa shape index (κ1) is 15.1. The van der Waals surface area contributed by atoms with Gasteiger partial charge in [0.25, 0.3) is 0 Å². The molecule has 2 saturated heterocycles. The maximum atomic E-state index is 11.1. The zero-order valence-corrected chi connectivity index (χ0v) is 11.9. The van der Waals surface area contributed by atoms with E-state index >= 15 is 0 Å². The standard InChI is InChI=1S/C13H25N5O2/c14-12(19)9-17-5-1-10(2-6-17)16-11-3-7-18(8-4-11)13(15)20/h10-11,16H,1-9H2,(H2,14,19)(H2,15,20). The average molecular weight is 283 g/mol. The largest absolute Gasteiger partial charge is 0.369 e. The Labute approximate surface area is 119 Å². The lowest BCUT2D eigenvalue weighted by molar-refractivity contribution is -0.119. The number of carbonyl (C=O) groups excluding carboxylic acids is 2. The van der Waals surface area contributed by atoms with E-state index in [4.69, 9.17) is 11.5 Å². The minimum Gasteiger partial charge on any atom is -0.369 e. The van der Waals surface area contributed by atoms with Crippen molar-refractivity contribution in [3.05, 3.63) is 0 Å². The number of hydrogen-bond acceptors (Lipinski definition) is 4.